The molecule has 0 saturated heterocycles. The summed E-state index contributed by atoms with van der Waals surface area (Å²) >= 11 is 0. The average molecular weight is 266 g/mol. The summed E-state index contributed by atoms with van der Waals surface area (Å²) in [6, 6.07) is 5.21. The Labute approximate surface area is 115 Å². The number of ether oxygens (including phenoxy) is 1. The van der Waals surface area contributed by atoms with Gasteiger partial charge in [0.25, 0.3) is 0 Å². The van der Waals surface area contributed by atoms with Crippen LogP contribution in [0.1, 0.15) is 51.5 Å². The number of ketones is 1. The molecule has 0 amide bonds. The normalized spacial score (nSPS) is 10.5. The molecule has 0 fully saturated rings. The topological polar surface area (TPSA) is 26.3 Å². The standard InChI is InChI=1S/C16H23FO2/c1-3-7-14(18)10-5-8-13-9-6-11-15(16(13)17)19-12-4-2/h6,9,11H,3-5,7-8,10,12H2,1-2H3. The van der Waals surface area contributed by atoms with Gasteiger partial charge < -0.3 is 4.74 Å². The van der Waals surface area contributed by atoms with Gasteiger partial charge in [-0.1, -0.05) is 26.0 Å². The van der Waals surface area contributed by atoms with Crippen LogP contribution in [0.4, 0.5) is 4.39 Å². The molecule has 0 bridgehead atoms. The molecule has 2 nitrogen and oxygen atoms in total. The lowest BCUT2D eigenvalue weighted by Gasteiger charge is -2.09. The van der Waals surface area contributed by atoms with E-state index in [1.165, 1.54) is 0 Å². The zero-order valence-corrected chi connectivity index (χ0v) is 11.9. The third-order valence-corrected chi connectivity index (χ3v) is 2.94. The van der Waals surface area contributed by atoms with Crippen molar-refractivity contribution in [2.45, 2.75) is 52.4 Å². The molecule has 0 N–H and O–H groups in total. The van der Waals surface area contributed by atoms with Gasteiger partial charge in [-0.25, -0.2) is 4.39 Å². The van der Waals surface area contributed by atoms with Crippen molar-refractivity contribution in [3.8, 4) is 5.75 Å². The van der Waals surface area contributed by atoms with Gasteiger partial charge in [0.05, 0.1) is 6.61 Å². The zero-order valence-electron chi connectivity index (χ0n) is 11.9. The second-order valence-corrected chi connectivity index (χ2v) is 4.72. The van der Waals surface area contributed by atoms with Gasteiger partial charge in [0.2, 0.25) is 0 Å². The Hall–Kier alpha value is -1.38. The van der Waals surface area contributed by atoms with Crippen molar-refractivity contribution in [2.75, 3.05) is 6.61 Å². The first-order chi connectivity index (χ1) is 9.19. The van der Waals surface area contributed by atoms with E-state index in [0.717, 1.165) is 12.8 Å². The van der Waals surface area contributed by atoms with Gasteiger partial charge in [-0.2, -0.15) is 0 Å². The third-order valence-electron chi connectivity index (χ3n) is 2.94. The van der Waals surface area contributed by atoms with Crippen molar-refractivity contribution in [1.82, 2.24) is 0 Å². The van der Waals surface area contributed by atoms with Crippen molar-refractivity contribution >= 4 is 5.78 Å². The largest absolute Gasteiger partial charge is 0.491 e. The Balaban J connectivity index is 2.51. The van der Waals surface area contributed by atoms with Gasteiger partial charge in [-0.05, 0) is 37.3 Å². The Kier molecular flexibility index (Phi) is 7.16. The summed E-state index contributed by atoms with van der Waals surface area (Å²) in [5.74, 6) is 0.305. The van der Waals surface area contributed by atoms with E-state index in [0.29, 0.717) is 43.6 Å². The van der Waals surface area contributed by atoms with Gasteiger partial charge in [-0.15, -0.1) is 0 Å². The number of aryl methyl sites for hydroxylation is 1. The second kappa shape index (κ2) is 8.68. The highest BCUT2D eigenvalue weighted by molar-refractivity contribution is 5.78. The summed E-state index contributed by atoms with van der Waals surface area (Å²) < 4.78 is 19.4. The van der Waals surface area contributed by atoms with Crippen LogP contribution in [0, 0.1) is 5.82 Å². The monoisotopic (exact) mass is 266 g/mol. The highest BCUT2D eigenvalue weighted by atomic mass is 19.1. The van der Waals surface area contributed by atoms with E-state index in [1.54, 1.807) is 18.2 Å². The molecule has 0 unspecified atom stereocenters. The molecule has 0 heterocycles. The quantitative estimate of drug-likeness (QED) is 0.666. The lowest BCUT2D eigenvalue weighted by molar-refractivity contribution is -0.119. The predicted octanol–water partition coefficient (Wildman–Crippen LogP) is 4.31. The molecule has 3 heteroatoms. The van der Waals surface area contributed by atoms with Crippen LogP contribution in [-0.4, -0.2) is 12.4 Å². The molecule has 0 aromatic heterocycles. The van der Waals surface area contributed by atoms with Crippen LogP contribution in [-0.2, 0) is 11.2 Å². The number of halogens is 1. The lowest BCUT2D eigenvalue weighted by atomic mass is 10.0. The molecule has 0 aliphatic rings. The van der Waals surface area contributed by atoms with Crippen molar-refractivity contribution in [2.24, 2.45) is 0 Å². The van der Waals surface area contributed by atoms with Crippen LogP contribution in [0.5, 0.6) is 5.75 Å². The Morgan fingerprint density at radius 1 is 1.21 bits per heavy atom. The second-order valence-electron chi connectivity index (χ2n) is 4.72. The van der Waals surface area contributed by atoms with E-state index in [-0.39, 0.29) is 11.6 Å². The summed E-state index contributed by atoms with van der Waals surface area (Å²) in [4.78, 5) is 11.4. The minimum absolute atomic E-state index is 0.265. The number of carbonyl (C=O) groups excluding carboxylic acids is 1. The minimum atomic E-state index is -0.279. The molecular weight excluding hydrogens is 243 g/mol. The molecule has 1 aromatic rings. The van der Waals surface area contributed by atoms with E-state index in [4.69, 9.17) is 4.74 Å². The molecule has 0 aliphatic carbocycles. The number of hydrogen-bond donors (Lipinski definition) is 0. The maximum Gasteiger partial charge on any atom is 0.168 e. The van der Waals surface area contributed by atoms with Crippen molar-refractivity contribution in [3.63, 3.8) is 0 Å². The molecule has 0 radical (unpaired) electrons. The molecule has 0 aliphatic heterocycles. The Morgan fingerprint density at radius 2 is 2.00 bits per heavy atom. The molecule has 0 saturated carbocycles. The number of carbonyl (C=O) groups is 1. The summed E-state index contributed by atoms with van der Waals surface area (Å²) in [6.45, 7) is 4.50. The number of Topliss-reactive ketones (excluding diaryl/α,β-unsaturated/α-hetero) is 1. The first-order valence-corrected chi connectivity index (χ1v) is 7.10. The summed E-state index contributed by atoms with van der Waals surface area (Å²) in [6.07, 6.45) is 4.19. The smallest absolute Gasteiger partial charge is 0.168 e. The summed E-state index contributed by atoms with van der Waals surface area (Å²) in [5.41, 5.74) is 0.637. The first kappa shape index (κ1) is 15.7. The Morgan fingerprint density at radius 3 is 2.68 bits per heavy atom. The van der Waals surface area contributed by atoms with Crippen LogP contribution in [0.2, 0.25) is 0 Å². The summed E-state index contributed by atoms with van der Waals surface area (Å²) in [7, 11) is 0. The van der Waals surface area contributed by atoms with E-state index in [1.807, 2.05) is 13.8 Å². The molecule has 19 heavy (non-hydrogen) atoms. The van der Waals surface area contributed by atoms with Crippen LogP contribution < -0.4 is 4.74 Å². The van der Waals surface area contributed by atoms with Crippen LogP contribution in [0.3, 0.4) is 0 Å². The average Bonchev–Trinajstić information content (AvgIpc) is 2.40. The van der Waals surface area contributed by atoms with E-state index in [9.17, 15) is 9.18 Å². The number of rotatable bonds is 9. The zero-order chi connectivity index (χ0) is 14.1. The van der Waals surface area contributed by atoms with Gasteiger partial charge in [0.15, 0.2) is 11.6 Å². The van der Waals surface area contributed by atoms with Crippen LogP contribution in [0.15, 0.2) is 18.2 Å². The van der Waals surface area contributed by atoms with E-state index < -0.39 is 0 Å². The van der Waals surface area contributed by atoms with Crippen LogP contribution in [0.25, 0.3) is 0 Å². The minimum Gasteiger partial charge on any atom is -0.491 e. The highest BCUT2D eigenvalue weighted by Gasteiger charge is 2.09. The van der Waals surface area contributed by atoms with Crippen molar-refractivity contribution in [1.29, 1.82) is 0 Å². The van der Waals surface area contributed by atoms with Crippen molar-refractivity contribution < 1.29 is 13.9 Å². The predicted molar refractivity (Wildman–Crippen MR) is 75.0 cm³/mol. The maximum absolute atomic E-state index is 14.1. The highest BCUT2D eigenvalue weighted by Crippen LogP contribution is 2.22. The van der Waals surface area contributed by atoms with Gasteiger partial charge in [0, 0.05) is 12.8 Å². The fraction of sp³-hybridized carbons (Fsp3) is 0.562. The first-order valence-electron chi connectivity index (χ1n) is 7.10. The van der Waals surface area contributed by atoms with Gasteiger partial charge in [-0.3, -0.25) is 4.79 Å². The third kappa shape index (κ3) is 5.41. The number of hydrogen-bond acceptors (Lipinski definition) is 2. The van der Waals surface area contributed by atoms with Crippen LogP contribution >= 0.6 is 0 Å². The van der Waals surface area contributed by atoms with E-state index in [2.05, 4.69) is 0 Å². The van der Waals surface area contributed by atoms with E-state index >= 15 is 0 Å². The maximum atomic E-state index is 14.1. The SMILES string of the molecule is CCCOc1cccc(CCCC(=O)CCC)c1F. The Bertz CT molecular complexity index is 402. The number of benzene rings is 1. The molecule has 106 valence electrons. The fourth-order valence-corrected chi connectivity index (χ4v) is 1.95. The summed E-state index contributed by atoms with van der Waals surface area (Å²) in [5, 5.41) is 0. The van der Waals surface area contributed by atoms with Gasteiger partial charge >= 0.3 is 0 Å². The molecule has 1 rings (SSSR count). The van der Waals surface area contributed by atoms with Crippen molar-refractivity contribution in [3.05, 3.63) is 29.6 Å². The molecule has 0 spiro atoms. The lowest BCUT2D eigenvalue weighted by Crippen LogP contribution is -2.02. The molecule has 0 atom stereocenters. The fourth-order valence-electron chi connectivity index (χ4n) is 1.95. The molecule has 1 aromatic carbocycles. The van der Waals surface area contributed by atoms with Gasteiger partial charge in [0.1, 0.15) is 5.78 Å². The molecular formula is C16H23FO2.